The van der Waals surface area contributed by atoms with Crippen LogP contribution in [0, 0.1) is 0 Å². The second-order valence-corrected chi connectivity index (χ2v) is 6.30. The van der Waals surface area contributed by atoms with Crippen LogP contribution in [0.25, 0.3) is 0 Å². The van der Waals surface area contributed by atoms with E-state index in [1.54, 1.807) is 7.11 Å². The highest BCUT2D eigenvalue weighted by atomic mass is 35.5. The Hall–Kier alpha value is -1.79. The van der Waals surface area contributed by atoms with Crippen LogP contribution in [0.5, 0.6) is 5.75 Å². The molecule has 0 amide bonds. The number of carbonyl (C=O) groups excluding carboxylic acids is 2. The molecule has 3 rings (SSSR count). The predicted molar refractivity (Wildman–Crippen MR) is 94.5 cm³/mol. The lowest BCUT2D eigenvalue weighted by Crippen LogP contribution is -2.51. The first-order chi connectivity index (χ1) is 11.6. The van der Waals surface area contributed by atoms with E-state index in [4.69, 9.17) is 9.47 Å². The molecule has 7 heteroatoms. The molecule has 2 aliphatic rings. The van der Waals surface area contributed by atoms with Crippen molar-refractivity contribution in [3.8, 4) is 5.75 Å². The number of halogens is 1. The minimum atomic E-state index is -0.797. The molecular weight excluding hydrogens is 346 g/mol. The van der Waals surface area contributed by atoms with Gasteiger partial charge < -0.3 is 14.2 Å². The van der Waals surface area contributed by atoms with E-state index in [0.29, 0.717) is 25.6 Å². The fourth-order valence-corrected chi connectivity index (χ4v) is 3.57. The maximum absolute atomic E-state index is 12.0. The molecule has 1 aromatic carbocycles. The summed E-state index contributed by atoms with van der Waals surface area (Å²) in [5.74, 6) is 0.838. The van der Waals surface area contributed by atoms with Crippen LogP contribution >= 0.6 is 12.4 Å². The lowest BCUT2D eigenvalue weighted by Gasteiger charge is -2.39. The third kappa shape index (κ3) is 4.44. The van der Waals surface area contributed by atoms with Crippen LogP contribution < -0.4 is 4.74 Å². The molecular formula is C18H24ClNO5. The predicted octanol–water partition coefficient (Wildman–Crippen LogP) is 2.40. The van der Waals surface area contributed by atoms with E-state index >= 15 is 0 Å². The number of rotatable bonds is 3. The summed E-state index contributed by atoms with van der Waals surface area (Å²) >= 11 is 0. The number of aryl methyl sites for hydroxylation is 1. The Bertz CT molecular complexity index is 636. The van der Waals surface area contributed by atoms with Crippen molar-refractivity contribution in [3.63, 3.8) is 0 Å². The Kier molecular flexibility index (Phi) is 6.67. The molecule has 0 saturated carbocycles. The van der Waals surface area contributed by atoms with Crippen molar-refractivity contribution >= 4 is 24.3 Å². The van der Waals surface area contributed by atoms with Gasteiger partial charge in [-0.2, -0.15) is 0 Å². The van der Waals surface area contributed by atoms with Gasteiger partial charge in [0, 0.05) is 25.6 Å². The number of hydrogen-bond acceptors (Lipinski definition) is 6. The molecule has 0 aromatic heterocycles. The number of fused-ring (bicyclic) bond motifs is 1. The topological polar surface area (TPSA) is 65.1 Å². The van der Waals surface area contributed by atoms with Gasteiger partial charge in [0.05, 0.1) is 14.2 Å². The van der Waals surface area contributed by atoms with Crippen LogP contribution in [0.1, 0.15) is 24.0 Å². The van der Waals surface area contributed by atoms with E-state index < -0.39 is 12.3 Å². The number of methoxy groups -OCH3 is 2. The molecule has 1 saturated heterocycles. The summed E-state index contributed by atoms with van der Waals surface area (Å²) in [5, 5.41) is 0. The smallest absolute Gasteiger partial charge is 0.497 e. The fourth-order valence-electron chi connectivity index (χ4n) is 3.57. The molecule has 2 atom stereocenters. The minimum absolute atomic E-state index is 0. The van der Waals surface area contributed by atoms with Gasteiger partial charge >= 0.3 is 6.16 Å². The van der Waals surface area contributed by atoms with Crippen molar-refractivity contribution in [1.82, 2.24) is 4.90 Å². The summed E-state index contributed by atoms with van der Waals surface area (Å²) in [6.07, 6.45) is 1.86. The summed E-state index contributed by atoms with van der Waals surface area (Å²) in [4.78, 5) is 25.6. The van der Waals surface area contributed by atoms with Gasteiger partial charge in [-0.1, -0.05) is 6.07 Å². The number of Topliss-reactive ketones (excluding diaryl/α,β-unsaturated/α-hetero) is 1. The van der Waals surface area contributed by atoms with Gasteiger partial charge in [-0.3, -0.25) is 9.69 Å². The third-order valence-corrected chi connectivity index (χ3v) is 4.94. The highest BCUT2D eigenvalue weighted by Gasteiger charge is 2.35. The minimum Gasteiger partial charge on any atom is -0.497 e. The van der Waals surface area contributed by atoms with Gasteiger partial charge in [-0.25, -0.2) is 4.79 Å². The van der Waals surface area contributed by atoms with Gasteiger partial charge in [0.25, 0.3) is 0 Å². The fraction of sp³-hybridized carbons (Fsp3) is 0.556. The van der Waals surface area contributed by atoms with E-state index in [-0.39, 0.29) is 18.2 Å². The maximum Gasteiger partial charge on any atom is 0.508 e. The quantitative estimate of drug-likeness (QED) is 0.762. The first kappa shape index (κ1) is 19.5. The van der Waals surface area contributed by atoms with Crippen molar-refractivity contribution in [1.29, 1.82) is 0 Å². The van der Waals surface area contributed by atoms with Gasteiger partial charge in [-0.15, -0.1) is 12.4 Å². The first-order valence-electron chi connectivity index (χ1n) is 8.28. The lowest BCUT2D eigenvalue weighted by atomic mass is 9.86. The summed E-state index contributed by atoms with van der Waals surface area (Å²) in [7, 11) is 2.92. The number of nitrogens with zero attached hydrogens (tertiary/aromatic N) is 1. The molecule has 1 heterocycles. The number of piperidine rings is 1. The van der Waals surface area contributed by atoms with Gasteiger partial charge in [0.2, 0.25) is 0 Å². The van der Waals surface area contributed by atoms with Crippen molar-refractivity contribution in [2.24, 2.45) is 0 Å². The second-order valence-electron chi connectivity index (χ2n) is 6.30. The lowest BCUT2D eigenvalue weighted by molar-refractivity contribution is -0.134. The summed E-state index contributed by atoms with van der Waals surface area (Å²) in [6.45, 7) is 1.15. The van der Waals surface area contributed by atoms with E-state index in [0.717, 1.165) is 25.0 Å². The molecule has 2 unspecified atom stereocenters. The van der Waals surface area contributed by atoms with Crippen molar-refractivity contribution in [2.45, 2.75) is 37.8 Å². The Labute approximate surface area is 153 Å². The molecule has 6 nitrogen and oxygen atoms in total. The first-order valence-corrected chi connectivity index (χ1v) is 8.28. The molecule has 0 radical (unpaired) electrons. The molecule has 1 fully saturated rings. The highest BCUT2D eigenvalue weighted by molar-refractivity contribution is 5.86. The van der Waals surface area contributed by atoms with Crippen LogP contribution in [0.15, 0.2) is 18.2 Å². The normalized spacial score (nSPS) is 23.2. The largest absolute Gasteiger partial charge is 0.508 e. The zero-order valence-corrected chi connectivity index (χ0v) is 15.3. The summed E-state index contributed by atoms with van der Waals surface area (Å²) in [6, 6.07) is 6.58. The van der Waals surface area contributed by atoms with Gasteiger partial charge in [0.1, 0.15) is 5.75 Å². The molecule has 0 N–H and O–H groups in total. The van der Waals surface area contributed by atoms with E-state index in [1.807, 2.05) is 6.07 Å². The molecule has 0 bridgehead atoms. The van der Waals surface area contributed by atoms with Crippen LogP contribution in [0.2, 0.25) is 0 Å². The van der Waals surface area contributed by atoms with E-state index in [9.17, 15) is 9.59 Å². The molecule has 138 valence electrons. The zero-order valence-electron chi connectivity index (χ0n) is 14.5. The van der Waals surface area contributed by atoms with Gasteiger partial charge in [-0.05, 0) is 42.5 Å². The Morgan fingerprint density at radius 2 is 2.00 bits per heavy atom. The maximum atomic E-state index is 12.0. The van der Waals surface area contributed by atoms with E-state index in [1.165, 1.54) is 18.2 Å². The van der Waals surface area contributed by atoms with Gasteiger partial charge in [0.15, 0.2) is 11.9 Å². The molecule has 25 heavy (non-hydrogen) atoms. The Morgan fingerprint density at radius 1 is 1.20 bits per heavy atom. The van der Waals surface area contributed by atoms with Crippen molar-refractivity contribution in [2.75, 3.05) is 27.3 Å². The average molecular weight is 370 g/mol. The van der Waals surface area contributed by atoms with Crippen LogP contribution in [0.3, 0.4) is 0 Å². The molecule has 1 aromatic rings. The second kappa shape index (κ2) is 8.54. The van der Waals surface area contributed by atoms with Crippen LogP contribution in [-0.2, 0) is 27.1 Å². The van der Waals surface area contributed by atoms with Crippen molar-refractivity contribution < 1.29 is 23.8 Å². The standard InChI is InChI=1S/C18H23NO5.ClH/c1-22-15-6-4-12-3-5-14(9-13(12)10-15)19-8-7-16(20)17(11-19)24-18(21)23-2;/h4,6,10,14,17H,3,5,7-9,11H2,1-2H3;1H. The Balaban J connectivity index is 0.00000225. The number of ether oxygens (including phenoxy) is 3. The molecule has 1 aliphatic carbocycles. The molecule has 1 aliphatic heterocycles. The van der Waals surface area contributed by atoms with Crippen LogP contribution in [-0.4, -0.2) is 56.3 Å². The number of benzene rings is 1. The zero-order chi connectivity index (χ0) is 17.1. The highest BCUT2D eigenvalue weighted by Crippen LogP contribution is 2.29. The number of hydrogen-bond donors (Lipinski definition) is 0. The SMILES string of the molecule is COC(=O)OC1CN(C2CCc3ccc(OC)cc3C2)CCC1=O.Cl. The monoisotopic (exact) mass is 369 g/mol. The number of ketones is 1. The Morgan fingerprint density at radius 3 is 2.72 bits per heavy atom. The van der Waals surface area contributed by atoms with Crippen LogP contribution in [0.4, 0.5) is 4.79 Å². The summed E-state index contributed by atoms with van der Waals surface area (Å²) in [5.41, 5.74) is 2.66. The third-order valence-electron chi connectivity index (χ3n) is 4.94. The van der Waals surface area contributed by atoms with E-state index in [2.05, 4.69) is 21.8 Å². The number of carbonyl (C=O) groups is 2. The van der Waals surface area contributed by atoms with Crippen molar-refractivity contribution in [3.05, 3.63) is 29.3 Å². The number of likely N-dealkylation sites (tertiary alicyclic amines) is 1. The summed E-state index contributed by atoms with van der Waals surface area (Å²) < 4.78 is 14.9. The molecule has 0 spiro atoms. The average Bonchev–Trinajstić information content (AvgIpc) is 2.62.